The molecular formula is C14H20O2. The first-order valence-corrected chi connectivity index (χ1v) is 6.00. The van der Waals surface area contributed by atoms with E-state index in [0.717, 1.165) is 18.4 Å². The first-order valence-electron chi connectivity index (χ1n) is 6.00. The molecule has 0 unspecified atom stereocenters. The summed E-state index contributed by atoms with van der Waals surface area (Å²) in [7, 11) is 0. The van der Waals surface area contributed by atoms with Crippen LogP contribution in [0.5, 0.6) is 0 Å². The van der Waals surface area contributed by atoms with Crippen LogP contribution in [-0.2, 0) is 4.79 Å². The molecule has 0 radical (unpaired) electrons. The van der Waals surface area contributed by atoms with Crippen LogP contribution in [0.1, 0.15) is 50.5 Å². The van der Waals surface area contributed by atoms with Crippen LogP contribution in [0, 0.1) is 0 Å². The summed E-state index contributed by atoms with van der Waals surface area (Å²) in [4.78, 5) is 10.8. The number of carboxylic acids is 1. The Morgan fingerprint density at radius 1 is 1.25 bits per heavy atom. The van der Waals surface area contributed by atoms with Crippen LogP contribution in [0.4, 0.5) is 0 Å². The average Bonchev–Trinajstić information content (AvgIpc) is 2.29. The van der Waals surface area contributed by atoms with Gasteiger partial charge in [-0.15, -0.1) is 0 Å². The van der Waals surface area contributed by atoms with Crippen molar-refractivity contribution in [3.05, 3.63) is 35.9 Å². The molecule has 0 aromatic heterocycles. The normalized spacial score (nSPS) is 12.3. The van der Waals surface area contributed by atoms with E-state index in [9.17, 15) is 4.79 Å². The Morgan fingerprint density at radius 3 is 2.50 bits per heavy atom. The minimum atomic E-state index is -0.703. The second kappa shape index (κ2) is 7.04. The second-order valence-corrected chi connectivity index (χ2v) is 4.20. The molecule has 2 nitrogen and oxygen atoms in total. The van der Waals surface area contributed by atoms with Crippen molar-refractivity contribution in [2.75, 3.05) is 0 Å². The number of carbonyl (C=O) groups is 1. The van der Waals surface area contributed by atoms with Gasteiger partial charge in [0.1, 0.15) is 0 Å². The molecule has 88 valence electrons. The molecule has 16 heavy (non-hydrogen) atoms. The van der Waals surface area contributed by atoms with E-state index in [1.807, 2.05) is 30.3 Å². The van der Waals surface area contributed by atoms with Crippen molar-refractivity contribution in [2.24, 2.45) is 0 Å². The molecule has 0 aliphatic heterocycles. The third-order valence-electron chi connectivity index (χ3n) is 2.85. The standard InChI is InChI=1S/C14H20O2/c1-2-3-5-10-13(11-14(15)16)12-8-6-4-7-9-12/h4,6-9,13H,2-3,5,10-11H2,1H3,(H,15,16)/t13-/m0/s1. The van der Waals surface area contributed by atoms with Crippen molar-refractivity contribution in [3.63, 3.8) is 0 Å². The van der Waals surface area contributed by atoms with Gasteiger partial charge in [0.2, 0.25) is 0 Å². The van der Waals surface area contributed by atoms with Gasteiger partial charge in [-0.25, -0.2) is 0 Å². The number of unbranched alkanes of at least 4 members (excludes halogenated alkanes) is 2. The highest BCUT2D eigenvalue weighted by Crippen LogP contribution is 2.25. The summed E-state index contributed by atoms with van der Waals surface area (Å²) in [5, 5.41) is 8.90. The summed E-state index contributed by atoms with van der Waals surface area (Å²) >= 11 is 0. The lowest BCUT2D eigenvalue weighted by molar-refractivity contribution is -0.137. The Kier molecular flexibility index (Phi) is 5.62. The summed E-state index contributed by atoms with van der Waals surface area (Å²) in [6.45, 7) is 2.16. The predicted molar refractivity (Wildman–Crippen MR) is 65.6 cm³/mol. The van der Waals surface area contributed by atoms with E-state index < -0.39 is 5.97 Å². The molecule has 0 bridgehead atoms. The van der Waals surface area contributed by atoms with Crippen LogP contribution in [0.3, 0.4) is 0 Å². The smallest absolute Gasteiger partial charge is 0.303 e. The Hall–Kier alpha value is -1.31. The minimum Gasteiger partial charge on any atom is -0.481 e. The second-order valence-electron chi connectivity index (χ2n) is 4.20. The number of carboxylic acid groups (broad SMARTS) is 1. The van der Waals surface area contributed by atoms with E-state index in [1.165, 1.54) is 12.8 Å². The van der Waals surface area contributed by atoms with Crippen LogP contribution >= 0.6 is 0 Å². The Balaban J connectivity index is 2.60. The van der Waals surface area contributed by atoms with E-state index in [1.54, 1.807) is 0 Å². The van der Waals surface area contributed by atoms with Gasteiger partial charge in [0.15, 0.2) is 0 Å². The lowest BCUT2D eigenvalue weighted by atomic mass is 9.90. The average molecular weight is 220 g/mol. The third-order valence-corrected chi connectivity index (χ3v) is 2.85. The molecule has 0 spiro atoms. The fraction of sp³-hybridized carbons (Fsp3) is 0.500. The monoisotopic (exact) mass is 220 g/mol. The summed E-state index contributed by atoms with van der Waals surface area (Å²) in [5.74, 6) is -0.532. The van der Waals surface area contributed by atoms with Crippen LogP contribution in [0.2, 0.25) is 0 Å². The molecule has 0 saturated carbocycles. The van der Waals surface area contributed by atoms with Crippen molar-refractivity contribution in [1.29, 1.82) is 0 Å². The molecule has 0 aliphatic carbocycles. The van der Waals surface area contributed by atoms with Gasteiger partial charge in [-0.2, -0.15) is 0 Å². The van der Waals surface area contributed by atoms with E-state index in [-0.39, 0.29) is 12.3 Å². The number of rotatable bonds is 7. The summed E-state index contributed by atoms with van der Waals surface area (Å²) in [5.41, 5.74) is 1.15. The van der Waals surface area contributed by atoms with Gasteiger partial charge in [-0.05, 0) is 17.9 Å². The molecule has 1 N–H and O–H groups in total. The van der Waals surface area contributed by atoms with E-state index in [4.69, 9.17) is 5.11 Å². The maximum atomic E-state index is 10.8. The lowest BCUT2D eigenvalue weighted by Gasteiger charge is -2.14. The zero-order chi connectivity index (χ0) is 11.8. The van der Waals surface area contributed by atoms with Crippen molar-refractivity contribution in [3.8, 4) is 0 Å². The van der Waals surface area contributed by atoms with Gasteiger partial charge in [0.25, 0.3) is 0 Å². The highest BCUT2D eigenvalue weighted by molar-refractivity contribution is 5.68. The van der Waals surface area contributed by atoms with E-state index >= 15 is 0 Å². The molecule has 0 fully saturated rings. The van der Waals surface area contributed by atoms with Gasteiger partial charge in [0, 0.05) is 0 Å². The highest BCUT2D eigenvalue weighted by Gasteiger charge is 2.14. The largest absolute Gasteiger partial charge is 0.481 e. The van der Waals surface area contributed by atoms with Crippen LogP contribution in [0.25, 0.3) is 0 Å². The quantitative estimate of drug-likeness (QED) is 0.709. The highest BCUT2D eigenvalue weighted by atomic mass is 16.4. The number of hydrogen-bond donors (Lipinski definition) is 1. The van der Waals surface area contributed by atoms with Gasteiger partial charge in [-0.1, -0.05) is 56.5 Å². The Morgan fingerprint density at radius 2 is 1.94 bits per heavy atom. The van der Waals surface area contributed by atoms with Crippen molar-refractivity contribution >= 4 is 5.97 Å². The molecule has 1 rings (SSSR count). The first-order chi connectivity index (χ1) is 7.74. The Bertz CT molecular complexity index is 306. The van der Waals surface area contributed by atoms with E-state index in [0.29, 0.717) is 0 Å². The molecule has 0 saturated heterocycles. The fourth-order valence-electron chi connectivity index (χ4n) is 1.96. The van der Waals surface area contributed by atoms with Gasteiger partial charge < -0.3 is 5.11 Å². The van der Waals surface area contributed by atoms with Gasteiger partial charge >= 0.3 is 5.97 Å². The van der Waals surface area contributed by atoms with Crippen LogP contribution in [0.15, 0.2) is 30.3 Å². The first kappa shape index (κ1) is 12.8. The molecule has 0 heterocycles. The number of hydrogen-bond acceptors (Lipinski definition) is 1. The molecule has 2 heteroatoms. The van der Waals surface area contributed by atoms with Crippen LogP contribution in [-0.4, -0.2) is 11.1 Å². The zero-order valence-electron chi connectivity index (χ0n) is 9.86. The number of aliphatic carboxylic acids is 1. The summed E-state index contributed by atoms with van der Waals surface area (Å²) < 4.78 is 0. The molecule has 0 amide bonds. The molecule has 1 aromatic carbocycles. The predicted octanol–water partition coefficient (Wildman–Crippen LogP) is 3.83. The summed E-state index contributed by atoms with van der Waals surface area (Å²) in [6.07, 6.45) is 4.69. The third kappa shape index (κ3) is 4.47. The van der Waals surface area contributed by atoms with E-state index in [2.05, 4.69) is 6.92 Å². The number of benzene rings is 1. The maximum Gasteiger partial charge on any atom is 0.303 e. The maximum absolute atomic E-state index is 10.8. The van der Waals surface area contributed by atoms with Gasteiger partial charge in [-0.3, -0.25) is 4.79 Å². The topological polar surface area (TPSA) is 37.3 Å². The fourth-order valence-corrected chi connectivity index (χ4v) is 1.96. The van der Waals surface area contributed by atoms with Crippen LogP contribution < -0.4 is 0 Å². The Labute approximate surface area is 97.3 Å². The lowest BCUT2D eigenvalue weighted by Crippen LogP contribution is -2.06. The van der Waals surface area contributed by atoms with Crippen molar-refractivity contribution in [2.45, 2.75) is 44.9 Å². The van der Waals surface area contributed by atoms with Crippen molar-refractivity contribution < 1.29 is 9.90 Å². The molecular weight excluding hydrogens is 200 g/mol. The minimum absolute atomic E-state index is 0.172. The van der Waals surface area contributed by atoms with Gasteiger partial charge in [0.05, 0.1) is 6.42 Å². The molecule has 1 aromatic rings. The molecule has 1 atom stereocenters. The summed E-state index contributed by atoms with van der Waals surface area (Å²) in [6, 6.07) is 9.97. The van der Waals surface area contributed by atoms with Crippen molar-refractivity contribution in [1.82, 2.24) is 0 Å². The SMILES string of the molecule is CCCCC[C@@H](CC(=O)O)c1ccccc1. The molecule has 0 aliphatic rings. The zero-order valence-corrected chi connectivity index (χ0v) is 9.86.